The van der Waals surface area contributed by atoms with Crippen LogP contribution >= 0.6 is 23.7 Å². The quantitative estimate of drug-likeness (QED) is 0.646. The van der Waals surface area contributed by atoms with Gasteiger partial charge in [0.15, 0.2) is 0 Å². The molecule has 0 radical (unpaired) electrons. The van der Waals surface area contributed by atoms with Gasteiger partial charge in [0.1, 0.15) is 10.8 Å². The van der Waals surface area contributed by atoms with Gasteiger partial charge >= 0.3 is 0 Å². The molecule has 0 amide bonds. The number of thiophene rings is 1. The van der Waals surface area contributed by atoms with Gasteiger partial charge in [0.25, 0.3) is 0 Å². The average Bonchev–Trinajstić information content (AvgIpc) is 2.72. The molecule has 0 unspecified atom stereocenters. The van der Waals surface area contributed by atoms with E-state index in [9.17, 15) is 0 Å². The molecular weight excluding hydrogens is 290 g/mol. The zero-order valence-corrected chi connectivity index (χ0v) is 12.1. The Morgan fingerprint density at radius 3 is 2.65 bits per heavy atom. The Morgan fingerprint density at radius 1 is 1.00 bits per heavy atom. The van der Waals surface area contributed by atoms with Gasteiger partial charge in [-0.3, -0.25) is 0 Å². The Kier molecular flexibility index (Phi) is 3.12. The van der Waals surface area contributed by atoms with Crippen molar-refractivity contribution in [1.82, 2.24) is 0 Å². The molecule has 5 heteroatoms. The van der Waals surface area contributed by atoms with Gasteiger partial charge in [0.2, 0.25) is 0 Å². The molecule has 0 spiro atoms. The molecule has 4 rings (SSSR count). The Balaban J connectivity index is 0.00000121. The second-order valence-corrected chi connectivity index (χ2v) is 5.49. The van der Waals surface area contributed by atoms with Crippen LogP contribution in [0.15, 0.2) is 53.5 Å². The van der Waals surface area contributed by atoms with Crippen LogP contribution in [0.5, 0.6) is 0 Å². The summed E-state index contributed by atoms with van der Waals surface area (Å²) >= 11 is 1.71. The summed E-state index contributed by atoms with van der Waals surface area (Å²) in [5.41, 5.74) is 9.08. The number of fused-ring (bicyclic) bond motifs is 4. The molecule has 3 nitrogen and oxygen atoms in total. The minimum Gasteiger partial charge on any atom is -0.383 e. The summed E-state index contributed by atoms with van der Waals surface area (Å²) in [4.78, 5) is 4.54. The number of nitrogens with zero attached hydrogens (tertiary/aromatic N) is 1. The van der Waals surface area contributed by atoms with Crippen LogP contribution in [0, 0.1) is 0 Å². The lowest BCUT2D eigenvalue weighted by Gasteiger charge is -2.04. The summed E-state index contributed by atoms with van der Waals surface area (Å²) in [5, 5.41) is 5.67. The predicted molar refractivity (Wildman–Crippen MR) is 89.2 cm³/mol. The van der Waals surface area contributed by atoms with E-state index in [2.05, 4.69) is 22.4 Å². The van der Waals surface area contributed by atoms with Gasteiger partial charge < -0.3 is 11.1 Å². The Labute approximate surface area is 126 Å². The standard InChI is InChI=1S/C15H11N3S.ClH/c16-14-13-9-5-1-4-8-12(9)19-15(13)18-11-7-3-2-6-10(11)17-14;/h1-8,18H,(H2,16,17);1H. The largest absolute Gasteiger partial charge is 0.383 e. The maximum Gasteiger partial charge on any atom is 0.135 e. The second-order valence-electron chi connectivity index (χ2n) is 4.44. The Morgan fingerprint density at radius 2 is 1.75 bits per heavy atom. The van der Waals surface area contributed by atoms with Crippen LogP contribution in [-0.4, -0.2) is 5.84 Å². The van der Waals surface area contributed by atoms with Crippen LogP contribution in [0.3, 0.4) is 0 Å². The number of hydrogen-bond acceptors (Lipinski definition) is 4. The SMILES string of the molecule is Cl.NC1=Nc2ccccc2Nc2sc3ccccc3c21. The summed E-state index contributed by atoms with van der Waals surface area (Å²) in [6.45, 7) is 0. The smallest absolute Gasteiger partial charge is 0.135 e. The van der Waals surface area contributed by atoms with E-state index < -0.39 is 0 Å². The van der Waals surface area contributed by atoms with Gasteiger partial charge in [-0.05, 0) is 18.2 Å². The van der Waals surface area contributed by atoms with Crippen molar-refractivity contribution in [1.29, 1.82) is 0 Å². The first-order valence-corrected chi connectivity index (χ1v) is 6.87. The predicted octanol–water partition coefficient (Wildman–Crippen LogP) is 4.42. The molecule has 0 aliphatic carbocycles. The molecule has 0 atom stereocenters. The van der Waals surface area contributed by atoms with Crippen molar-refractivity contribution in [3.05, 3.63) is 54.1 Å². The van der Waals surface area contributed by atoms with Gasteiger partial charge in [-0.15, -0.1) is 23.7 Å². The monoisotopic (exact) mass is 301 g/mol. The fourth-order valence-electron chi connectivity index (χ4n) is 2.37. The minimum absolute atomic E-state index is 0. The highest BCUT2D eigenvalue weighted by molar-refractivity contribution is 7.23. The van der Waals surface area contributed by atoms with Gasteiger partial charge in [-0.2, -0.15) is 0 Å². The fraction of sp³-hybridized carbons (Fsp3) is 0. The number of halogens is 1. The summed E-state index contributed by atoms with van der Waals surface area (Å²) in [6, 6.07) is 16.2. The number of anilines is 2. The van der Waals surface area contributed by atoms with Gasteiger partial charge in [-0.1, -0.05) is 30.3 Å². The van der Waals surface area contributed by atoms with E-state index in [1.54, 1.807) is 11.3 Å². The maximum atomic E-state index is 6.19. The zero-order valence-electron chi connectivity index (χ0n) is 10.5. The molecule has 0 saturated heterocycles. The van der Waals surface area contributed by atoms with Crippen LogP contribution in [0.2, 0.25) is 0 Å². The van der Waals surface area contributed by atoms with E-state index >= 15 is 0 Å². The number of nitrogens with one attached hydrogen (secondary N) is 1. The van der Waals surface area contributed by atoms with Crippen molar-refractivity contribution in [2.24, 2.45) is 10.7 Å². The molecule has 0 saturated carbocycles. The number of aliphatic imine (C=N–C) groups is 1. The van der Waals surface area contributed by atoms with Crippen molar-refractivity contribution in [3.8, 4) is 0 Å². The first-order chi connectivity index (χ1) is 9.33. The molecule has 0 fully saturated rings. The lowest BCUT2D eigenvalue weighted by atomic mass is 10.1. The average molecular weight is 302 g/mol. The van der Waals surface area contributed by atoms with Crippen molar-refractivity contribution in [2.75, 3.05) is 5.32 Å². The van der Waals surface area contributed by atoms with Crippen molar-refractivity contribution in [3.63, 3.8) is 0 Å². The van der Waals surface area contributed by atoms with Crippen LogP contribution in [0.1, 0.15) is 5.56 Å². The number of rotatable bonds is 0. The molecule has 2 heterocycles. The van der Waals surface area contributed by atoms with Crippen molar-refractivity contribution >= 4 is 56.0 Å². The fourth-order valence-corrected chi connectivity index (χ4v) is 3.50. The van der Waals surface area contributed by atoms with Crippen LogP contribution in [-0.2, 0) is 0 Å². The molecule has 1 aromatic heterocycles. The number of amidine groups is 1. The normalized spacial score (nSPS) is 12.5. The molecule has 20 heavy (non-hydrogen) atoms. The van der Waals surface area contributed by atoms with Gasteiger partial charge in [0.05, 0.1) is 16.9 Å². The van der Waals surface area contributed by atoms with E-state index in [4.69, 9.17) is 5.73 Å². The molecule has 1 aliphatic rings. The molecule has 1 aliphatic heterocycles. The molecule has 100 valence electrons. The number of nitrogens with two attached hydrogens (primary N) is 1. The zero-order chi connectivity index (χ0) is 12.8. The number of benzene rings is 2. The Bertz CT molecular complexity index is 823. The molecule has 0 bridgehead atoms. The summed E-state index contributed by atoms with van der Waals surface area (Å²) in [6.07, 6.45) is 0. The minimum atomic E-state index is 0. The molecular formula is C15H12ClN3S. The summed E-state index contributed by atoms with van der Waals surface area (Å²) in [5.74, 6) is 0.574. The summed E-state index contributed by atoms with van der Waals surface area (Å²) in [7, 11) is 0. The second kappa shape index (κ2) is 4.81. The first-order valence-electron chi connectivity index (χ1n) is 6.05. The number of para-hydroxylation sites is 2. The lowest BCUT2D eigenvalue weighted by Crippen LogP contribution is -2.12. The van der Waals surface area contributed by atoms with E-state index in [1.807, 2.05) is 36.4 Å². The molecule has 2 aromatic carbocycles. The van der Waals surface area contributed by atoms with Gasteiger partial charge in [-0.25, -0.2) is 4.99 Å². The van der Waals surface area contributed by atoms with E-state index in [0.717, 1.165) is 27.3 Å². The third-order valence-electron chi connectivity index (χ3n) is 3.24. The highest BCUT2D eigenvalue weighted by Gasteiger charge is 2.19. The van der Waals surface area contributed by atoms with Gasteiger partial charge in [0, 0.05) is 10.1 Å². The highest BCUT2D eigenvalue weighted by atomic mass is 35.5. The van der Waals surface area contributed by atoms with Crippen molar-refractivity contribution < 1.29 is 0 Å². The molecule has 3 aromatic rings. The topological polar surface area (TPSA) is 50.4 Å². The van der Waals surface area contributed by atoms with E-state index in [-0.39, 0.29) is 12.4 Å². The molecule has 3 N–H and O–H groups in total. The van der Waals surface area contributed by atoms with Crippen molar-refractivity contribution in [2.45, 2.75) is 0 Å². The first kappa shape index (κ1) is 13.0. The number of hydrogen-bond donors (Lipinski definition) is 2. The third-order valence-corrected chi connectivity index (χ3v) is 4.33. The van der Waals surface area contributed by atoms with Crippen LogP contribution in [0.4, 0.5) is 16.4 Å². The highest BCUT2D eigenvalue weighted by Crippen LogP contribution is 2.41. The maximum absolute atomic E-state index is 6.19. The van der Waals surface area contributed by atoms with Crippen LogP contribution in [0.25, 0.3) is 10.1 Å². The van der Waals surface area contributed by atoms with E-state index in [1.165, 1.54) is 4.70 Å². The summed E-state index contributed by atoms with van der Waals surface area (Å²) < 4.78 is 1.22. The van der Waals surface area contributed by atoms with E-state index in [0.29, 0.717) is 5.84 Å². The third kappa shape index (κ3) is 1.85. The lowest BCUT2D eigenvalue weighted by molar-refractivity contribution is 1.49. The van der Waals surface area contributed by atoms with Crippen LogP contribution < -0.4 is 11.1 Å². The Hall–Kier alpha value is -2.04.